The third-order valence-corrected chi connectivity index (χ3v) is 3.91. The van der Waals surface area contributed by atoms with E-state index in [1.54, 1.807) is 6.08 Å². The molecule has 1 spiro atoms. The van der Waals surface area contributed by atoms with Gasteiger partial charge in [-0.2, -0.15) is 0 Å². The van der Waals surface area contributed by atoms with Crippen molar-refractivity contribution < 1.29 is 19.0 Å². The maximum atomic E-state index is 12.2. The molecular weight excluding hydrogens is 220 g/mol. The van der Waals surface area contributed by atoms with Gasteiger partial charge in [0.1, 0.15) is 5.41 Å². The zero-order chi connectivity index (χ0) is 12.4. The van der Waals surface area contributed by atoms with E-state index in [0.29, 0.717) is 19.6 Å². The van der Waals surface area contributed by atoms with E-state index in [0.717, 1.165) is 25.7 Å². The van der Waals surface area contributed by atoms with Gasteiger partial charge in [0, 0.05) is 6.42 Å². The van der Waals surface area contributed by atoms with Gasteiger partial charge >= 0.3 is 5.97 Å². The van der Waals surface area contributed by atoms with E-state index >= 15 is 0 Å². The molecule has 4 heteroatoms. The second-order valence-corrected chi connectivity index (χ2v) is 4.72. The average Bonchev–Trinajstić information content (AvgIpc) is 2.81. The molecule has 2 fully saturated rings. The molecule has 1 saturated heterocycles. The van der Waals surface area contributed by atoms with Crippen LogP contribution in [0.15, 0.2) is 12.7 Å². The van der Waals surface area contributed by atoms with E-state index < -0.39 is 11.2 Å². The fourth-order valence-corrected chi connectivity index (χ4v) is 3.13. The van der Waals surface area contributed by atoms with Gasteiger partial charge in [-0.25, -0.2) is 0 Å². The van der Waals surface area contributed by atoms with Crippen LogP contribution in [-0.2, 0) is 19.0 Å². The van der Waals surface area contributed by atoms with Gasteiger partial charge in [0.15, 0.2) is 5.79 Å². The summed E-state index contributed by atoms with van der Waals surface area (Å²) in [6, 6.07) is 0. The number of carbonyl (C=O) groups excluding carboxylic acids is 1. The predicted octanol–water partition coefficient (Wildman–Crippen LogP) is 2.04. The molecule has 2 aliphatic rings. The summed E-state index contributed by atoms with van der Waals surface area (Å²) < 4.78 is 16.6. The van der Waals surface area contributed by atoms with Crippen LogP contribution in [0.1, 0.15) is 32.1 Å². The Morgan fingerprint density at radius 2 is 2.00 bits per heavy atom. The summed E-state index contributed by atoms with van der Waals surface area (Å²) >= 11 is 0. The Hall–Kier alpha value is -0.870. The summed E-state index contributed by atoms with van der Waals surface area (Å²) in [7, 11) is 1.42. The zero-order valence-electron chi connectivity index (χ0n) is 10.4. The van der Waals surface area contributed by atoms with Crippen molar-refractivity contribution in [2.24, 2.45) is 5.41 Å². The molecule has 0 radical (unpaired) electrons. The van der Waals surface area contributed by atoms with Crippen molar-refractivity contribution in [1.82, 2.24) is 0 Å². The lowest BCUT2D eigenvalue weighted by molar-refractivity contribution is -0.258. The lowest BCUT2D eigenvalue weighted by atomic mass is 9.67. The van der Waals surface area contributed by atoms with Crippen LogP contribution < -0.4 is 0 Å². The lowest BCUT2D eigenvalue weighted by Crippen LogP contribution is -2.56. The first-order valence-corrected chi connectivity index (χ1v) is 6.18. The number of carbonyl (C=O) groups is 1. The largest absolute Gasteiger partial charge is 0.468 e. The van der Waals surface area contributed by atoms with E-state index in [9.17, 15) is 4.79 Å². The molecule has 1 saturated carbocycles. The van der Waals surface area contributed by atoms with E-state index in [4.69, 9.17) is 14.2 Å². The van der Waals surface area contributed by atoms with E-state index in [2.05, 4.69) is 6.58 Å². The van der Waals surface area contributed by atoms with Gasteiger partial charge < -0.3 is 14.2 Å². The monoisotopic (exact) mass is 240 g/mol. The summed E-state index contributed by atoms with van der Waals surface area (Å²) in [4.78, 5) is 12.2. The molecule has 17 heavy (non-hydrogen) atoms. The maximum Gasteiger partial charge on any atom is 0.317 e. The van der Waals surface area contributed by atoms with Crippen molar-refractivity contribution in [2.75, 3.05) is 20.3 Å². The Morgan fingerprint density at radius 1 is 1.35 bits per heavy atom. The van der Waals surface area contributed by atoms with Gasteiger partial charge in [0.2, 0.25) is 0 Å². The molecule has 1 atom stereocenters. The van der Waals surface area contributed by atoms with E-state index in [1.807, 2.05) is 0 Å². The van der Waals surface area contributed by atoms with Gasteiger partial charge in [-0.1, -0.05) is 12.5 Å². The molecular formula is C13H20O4. The number of rotatable bonds is 3. The number of hydrogen-bond acceptors (Lipinski definition) is 4. The molecule has 0 aromatic carbocycles. The molecule has 96 valence electrons. The van der Waals surface area contributed by atoms with Crippen LogP contribution in [0.4, 0.5) is 0 Å². The summed E-state index contributed by atoms with van der Waals surface area (Å²) in [6.07, 6.45) is 5.82. The fraction of sp³-hybridized carbons (Fsp3) is 0.769. The first kappa shape index (κ1) is 12.6. The Balaban J connectivity index is 2.38. The highest BCUT2D eigenvalue weighted by Gasteiger charge is 2.61. The number of ether oxygens (including phenoxy) is 3. The summed E-state index contributed by atoms with van der Waals surface area (Å²) in [5.74, 6) is -1.02. The van der Waals surface area contributed by atoms with Crippen LogP contribution in [-0.4, -0.2) is 32.1 Å². The zero-order valence-corrected chi connectivity index (χ0v) is 10.4. The summed E-state index contributed by atoms with van der Waals surface area (Å²) in [5.41, 5.74) is -0.710. The molecule has 4 nitrogen and oxygen atoms in total. The minimum atomic E-state index is -0.785. The van der Waals surface area contributed by atoms with Crippen molar-refractivity contribution in [2.45, 2.75) is 37.9 Å². The lowest BCUT2D eigenvalue weighted by Gasteiger charge is -2.47. The molecule has 0 aromatic rings. The van der Waals surface area contributed by atoms with E-state index in [-0.39, 0.29) is 5.97 Å². The van der Waals surface area contributed by atoms with Gasteiger partial charge in [0.25, 0.3) is 0 Å². The second-order valence-electron chi connectivity index (χ2n) is 4.72. The predicted molar refractivity (Wildman–Crippen MR) is 62.4 cm³/mol. The number of hydrogen-bond donors (Lipinski definition) is 0. The standard InChI is InChI=1S/C13H20O4/c1-3-6-12(11(14)15-2)7-4-5-8-13(12)16-9-10-17-13/h3H,1,4-10H2,2H3/t12-/m1/s1. The van der Waals surface area contributed by atoms with E-state index in [1.165, 1.54) is 7.11 Å². The van der Waals surface area contributed by atoms with Crippen LogP contribution in [0.2, 0.25) is 0 Å². The summed E-state index contributed by atoms with van der Waals surface area (Å²) in [5, 5.41) is 0. The first-order valence-electron chi connectivity index (χ1n) is 6.18. The molecule has 1 heterocycles. The highest BCUT2D eigenvalue weighted by atomic mass is 16.7. The number of allylic oxidation sites excluding steroid dienone is 1. The molecule has 0 bridgehead atoms. The van der Waals surface area contributed by atoms with Crippen molar-refractivity contribution in [3.05, 3.63) is 12.7 Å². The highest BCUT2D eigenvalue weighted by molar-refractivity contribution is 5.78. The van der Waals surface area contributed by atoms with Gasteiger partial charge in [-0.15, -0.1) is 6.58 Å². The van der Waals surface area contributed by atoms with Gasteiger partial charge in [-0.3, -0.25) is 4.79 Å². The smallest absolute Gasteiger partial charge is 0.317 e. The normalized spacial score (nSPS) is 31.4. The maximum absolute atomic E-state index is 12.2. The Morgan fingerprint density at radius 3 is 2.59 bits per heavy atom. The minimum absolute atomic E-state index is 0.237. The van der Waals surface area contributed by atoms with Crippen LogP contribution in [0.25, 0.3) is 0 Å². The molecule has 2 rings (SSSR count). The topological polar surface area (TPSA) is 44.8 Å². The molecule has 0 N–H and O–H groups in total. The Kier molecular flexibility index (Phi) is 3.54. The van der Waals surface area contributed by atoms with Crippen molar-refractivity contribution >= 4 is 5.97 Å². The van der Waals surface area contributed by atoms with Crippen molar-refractivity contribution in [3.63, 3.8) is 0 Å². The first-order chi connectivity index (χ1) is 8.21. The third kappa shape index (κ3) is 1.79. The molecule has 0 unspecified atom stereocenters. The van der Waals surface area contributed by atoms with Crippen molar-refractivity contribution in [1.29, 1.82) is 0 Å². The molecule has 1 aliphatic carbocycles. The van der Waals surface area contributed by atoms with Crippen LogP contribution >= 0.6 is 0 Å². The second kappa shape index (κ2) is 4.78. The SMILES string of the molecule is C=CC[C@]1(C(=O)OC)CCCCC12OCCO2. The third-order valence-electron chi connectivity index (χ3n) is 3.91. The Labute approximate surface area is 102 Å². The number of esters is 1. The molecule has 0 amide bonds. The molecule has 1 aliphatic heterocycles. The highest BCUT2D eigenvalue weighted by Crippen LogP contribution is 2.52. The Bertz CT molecular complexity index is 307. The molecule has 0 aromatic heterocycles. The van der Waals surface area contributed by atoms with Crippen LogP contribution in [0.5, 0.6) is 0 Å². The fourth-order valence-electron chi connectivity index (χ4n) is 3.13. The quantitative estimate of drug-likeness (QED) is 0.559. The van der Waals surface area contributed by atoms with Crippen molar-refractivity contribution in [3.8, 4) is 0 Å². The van der Waals surface area contributed by atoms with Crippen LogP contribution in [0.3, 0.4) is 0 Å². The number of methoxy groups -OCH3 is 1. The van der Waals surface area contributed by atoms with Gasteiger partial charge in [-0.05, 0) is 19.3 Å². The summed E-state index contributed by atoms with van der Waals surface area (Å²) in [6.45, 7) is 4.86. The van der Waals surface area contributed by atoms with Gasteiger partial charge in [0.05, 0.1) is 20.3 Å². The average molecular weight is 240 g/mol. The minimum Gasteiger partial charge on any atom is -0.468 e. The van der Waals surface area contributed by atoms with Crippen LogP contribution in [0, 0.1) is 5.41 Å².